The molecule has 0 aromatic heterocycles. The first-order valence-corrected chi connectivity index (χ1v) is 6.49. The van der Waals surface area contributed by atoms with Gasteiger partial charge in [0.1, 0.15) is 5.75 Å². The van der Waals surface area contributed by atoms with E-state index in [0.717, 1.165) is 12.8 Å². The Morgan fingerprint density at radius 1 is 1.12 bits per heavy atom. The Bertz CT molecular complexity index is 306. The zero-order chi connectivity index (χ0) is 12.3. The van der Waals surface area contributed by atoms with Crippen LogP contribution in [0, 0.1) is 6.07 Å². The Hall–Kier alpha value is -1.31. The van der Waals surface area contributed by atoms with E-state index in [0.29, 0.717) is 12.2 Å². The van der Waals surface area contributed by atoms with Gasteiger partial charge in [0.25, 0.3) is 0 Å². The average molecular weight is 233 g/mol. The lowest BCUT2D eigenvalue weighted by Gasteiger charge is -2.03. The summed E-state index contributed by atoms with van der Waals surface area (Å²) in [5.41, 5.74) is 0. The van der Waals surface area contributed by atoms with Gasteiger partial charge in [0.15, 0.2) is 0 Å². The summed E-state index contributed by atoms with van der Waals surface area (Å²) in [6.07, 6.45) is 7.63. The molecular weight excluding hydrogens is 212 g/mol. The van der Waals surface area contributed by atoms with E-state index in [1.54, 1.807) is 24.3 Å². The van der Waals surface area contributed by atoms with Gasteiger partial charge in [0.05, 0.1) is 0 Å². The van der Waals surface area contributed by atoms with E-state index in [1.807, 2.05) is 0 Å². The third-order valence-electron chi connectivity index (χ3n) is 2.65. The predicted octanol–water partition coefficient (Wildman–Crippen LogP) is 4.14. The van der Waals surface area contributed by atoms with Crippen molar-refractivity contribution >= 4 is 5.97 Å². The van der Waals surface area contributed by atoms with Gasteiger partial charge in [-0.05, 0) is 24.6 Å². The summed E-state index contributed by atoms with van der Waals surface area (Å²) in [5, 5.41) is 0. The monoisotopic (exact) mass is 233 g/mol. The van der Waals surface area contributed by atoms with Gasteiger partial charge in [-0.2, -0.15) is 0 Å². The summed E-state index contributed by atoms with van der Waals surface area (Å²) in [4.78, 5) is 11.5. The standard InChI is InChI=1S/C15H21O2/c1-2-3-4-5-6-10-13-15(16)17-14-11-8-7-9-12-14/h8-9,11-12H,2-6,10,13H2,1H3. The number of ether oxygens (including phenoxy) is 1. The van der Waals surface area contributed by atoms with Gasteiger partial charge in [0.2, 0.25) is 0 Å². The molecule has 0 bridgehead atoms. The van der Waals surface area contributed by atoms with Crippen molar-refractivity contribution in [2.45, 2.75) is 51.9 Å². The van der Waals surface area contributed by atoms with Crippen LogP contribution in [-0.4, -0.2) is 5.97 Å². The van der Waals surface area contributed by atoms with E-state index in [2.05, 4.69) is 13.0 Å². The first-order chi connectivity index (χ1) is 8.33. The Labute approximate surface area is 104 Å². The van der Waals surface area contributed by atoms with Crippen LogP contribution in [0.1, 0.15) is 51.9 Å². The molecule has 1 aromatic rings. The van der Waals surface area contributed by atoms with E-state index < -0.39 is 0 Å². The maximum atomic E-state index is 11.5. The molecular formula is C15H21O2. The summed E-state index contributed by atoms with van der Waals surface area (Å²) in [7, 11) is 0. The first-order valence-electron chi connectivity index (χ1n) is 6.49. The van der Waals surface area contributed by atoms with Crippen LogP contribution < -0.4 is 4.74 Å². The highest BCUT2D eigenvalue weighted by Crippen LogP contribution is 2.11. The number of carbonyl (C=O) groups excluding carboxylic acids is 1. The first kappa shape index (κ1) is 13.8. The van der Waals surface area contributed by atoms with E-state index in [4.69, 9.17) is 4.74 Å². The molecule has 1 radical (unpaired) electrons. The van der Waals surface area contributed by atoms with E-state index >= 15 is 0 Å². The SMILES string of the molecule is CCCCCCCCC(=O)Oc1cc[c]cc1. The third-order valence-corrected chi connectivity index (χ3v) is 2.65. The molecule has 0 N–H and O–H groups in total. The number of benzene rings is 1. The second kappa shape index (κ2) is 8.80. The number of carbonyl (C=O) groups is 1. The van der Waals surface area contributed by atoms with E-state index in [9.17, 15) is 4.79 Å². The van der Waals surface area contributed by atoms with Crippen molar-refractivity contribution in [3.05, 3.63) is 30.3 Å². The topological polar surface area (TPSA) is 26.3 Å². The summed E-state index contributed by atoms with van der Waals surface area (Å²) < 4.78 is 5.18. The third kappa shape index (κ3) is 6.77. The largest absolute Gasteiger partial charge is 0.427 e. The van der Waals surface area contributed by atoms with Gasteiger partial charge in [0, 0.05) is 6.42 Å². The molecule has 0 saturated carbocycles. The van der Waals surface area contributed by atoms with Crippen LogP contribution in [0.5, 0.6) is 5.75 Å². The molecule has 0 heterocycles. The summed E-state index contributed by atoms with van der Waals surface area (Å²) in [5.74, 6) is 0.478. The number of rotatable bonds is 8. The molecule has 0 aliphatic rings. The molecule has 2 heteroatoms. The lowest BCUT2D eigenvalue weighted by Crippen LogP contribution is -2.07. The van der Waals surface area contributed by atoms with Crippen LogP contribution in [0.3, 0.4) is 0 Å². The molecule has 17 heavy (non-hydrogen) atoms. The highest BCUT2D eigenvalue weighted by atomic mass is 16.5. The smallest absolute Gasteiger partial charge is 0.311 e. The van der Waals surface area contributed by atoms with Crippen molar-refractivity contribution in [2.24, 2.45) is 0 Å². The fourth-order valence-electron chi connectivity index (χ4n) is 1.67. The molecule has 2 nitrogen and oxygen atoms in total. The van der Waals surface area contributed by atoms with E-state index in [1.165, 1.54) is 25.7 Å². The zero-order valence-electron chi connectivity index (χ0n) is 10.6. The highest BCUT2D eigenvalue weighted by Gasteiger charge is 2.03. The minimum Gasteiger partial charge on any atom is -0.427 e. The number of hydrogen-bond donors (Lipinski definition) is 0. The summed E-state index contributed by atoms with van der Waals surface area (Å²) in [6, 6.07) is 9.87. The Morgan fingerprint density at radius 3 is 2.47 bits per heavy atom. The Morgan fingerprint density at radius 2 is 1.76 bits per heavy atom. The molecule has 0 aliphatic heterocycles. The molecule has 1 rings (SSSR count). The van der Waals surface area contributed by atoms with Gasteiger partial charge in [-0.1, -0.05) is 51.2 Å². The quantitative estimate of drug-likeness (QED) is 0.383. The van der Waals surface area contributed by atoms with Crippen LogP contribution in [0.4, 0.5) is 0 Å². The van der Waals surface area contributed by atoms with Gasteiger partial charge in [-0.15, -0.1) is 0 Å². The van der Waals surface area contributed by atoms with Crippen LogP contribution in [-0.2, 0) is 4.79 Å². The van der Waals surface area contributed by atoms with Gasteiger partial charge >= 0.3 is 5.97 Å². The fraction of sp³-hybridized carbons (Fsp3) is 0.533. The number of unbranched alkanes of at least 4 members (excludes halogenated alkanes) is 5. The van der Waals surface area contributed by atoms with Gasteiger partial charge < -0.3 is 4.74 Å². The van der Waals surface area contributed by atoms with Gasteiger partial charge in [-0.3, -0.25) is 4.79 Å². The Balaban J connectivity index is 2.06. The highest BCUT2D eigenvalue weighted by molar-refractivity contribution is 5.72. The van der Waals surface area contributed by atoms with Gasteiger partial charge in [-0.25, -0.2) is 0 Å². The maximum Gasteiger partial charge on any atom is 0.311 e. The zero-order valence-corrected chi connectivity index (χ0v) is 10.6. The molecule has 0 saturated heterocycles. The second-order valence-electron chi connectivity index (χ2n) is 4.23. The lowest BCUT2D eigenvalue weighted by atomic mass is 10.1. The molecule has 0 fully saturated rings. The van der Waals surface area contributed by atoms with Crippen molar-refractivity contribution in [3.63, 3.8) is 0 Å². The molecule has 0 amide bonds. The van der Waals surface area contributed by atoms with Crippen molar-refractivity contribution < 1.29 is 9.53 Å². The molecule has 0 atom stereocenters. The van der Waals surface area contributed by atoms with Crippen LogP contribution in [0.15, 0.2) is 24.3 Å². The number of hydrogen-bond acceptors (Lipinski definition) is 2. The minimum atomic E-state index is -0.133. The minimum absolute atomic E-state index is 0.133. The summed E-state index contributed by atoms with van der Waals surface area (Å²) >= 11 is 0. The van der Waals surface area contributed by atoms with Crippen molar-refractivity contribution in [1.82, 2.24) is 0 Å². The maximum absolute atomic E-state index is 11.5. The van der Waals surface area contributed by atoms with Crippen LogP contribution >= 0.6 is 0 Å². The predicted molar refractivity (Wildman–Crippen MR) is 68.9 cm³/mol. The molecule has 1 aromatic carbocycles. The molecule has 0 aliphatic carbocycles. The lowest BCUT2D eigenvalue weighted by molar-refractivity contribution is -0.134. The van der Waals surface area contributed by atoms with Crippen LogP contribution in [0.25, 0.3) is 0 Å². The summed E-state index contributed by atoms with van der Waals surface area (Å²) in [6.45, 7) is 2.20. The molecule has 0 unspecified atom stereocenters. The number of esters is 1. The second-order valence-corrected chi connectivity index (χ2v) is 4.23. The van der Waals surface area contributed by atoms with E-state index in [-0.39, 0.29) is 5.97 Å². The van der Waals surface area contributed by atoms with Crippen molar-refractivity contribution in [3.8, 4) is 5.75 Å². The molecule has 0 spiro atoms. The Kier molecular flexibility index (Phi) is 7.12. The van der Waals surface area contributed by atoms with Crippen molar-refractivity contribution in [2.75, 3.05) is 0 Å². The fourth-order valence-corrected chi connectivity index (χ4v) is 1.67. The average Bonchev–Trinajstić information content (AvgIpc) is 2.35. The van der Waals surface area contributed by atoms with Crippen molar-refractivity contribution in [1.29, 1.82) is 0 Å². The van der Waals surface area contributed by atoms with Crippen LogP contribution in [0.2, 0.25) is 0 Å². The molecule has 93 valence electrons. The normalized spacial score (nSPS) is 10.2.